The summed E-state index contributed by atoms with van der Waals surface area (Å²) in [5.41, 5.74) is 3.39. The van der Waals surface area contributed by atoms with Gasteiger partial charge in [0.05, 0.1) is 32.8 Å². The number of methoxy groups -OCH3 is 1. The molecule has 20 heteroatoms. The van der Waals surface area contributed by atoms with Crippen LogP contribution in [0.5, 0.6) is 0 Å². The molecule has 0 spiro atoms. The number of aliphatic carboxylic acids is 1. The topological polar surface area (TPSA) is 283 Å². The molecule has 0 unspecified atom stereocenters. The van der Waals surface area contributed by atoms with Gasteiger partial charge < -0.3 is 26.2 Å². The van der Waals surface area contributed by atoms with Crippen LogP contribution in [0.2, 0.25) is 0 Å². The number of amides is 2. The average Bonchev–Trinajstić information content (AvgIpc) is 3.88. The van der Waals surface area contributed by atoms with Crippen molar-refractivity contribution in [1.82, 2.24) is 9.44 Å². The minimum atomic E-state index is -3.57. The van der Waals surface area contributed by atoms with Crippen LogP contribution in [0.3, 0.4) is 0 Å². The normalized spacial score (nSPS) is 32.0. The summed E-state index contributed by atoms with van der Waals surface area (Å²) in [4.78, 5) is 54.2. The molecule has 0 aromatic heterocycles. The van der Waals surface area contributed by atoms with Gasteiger partial charge in [0, 0.05) is 20.0 Å². The number of nitrogens with two attached hydrogens (primary N) is 1. The van der Waals surface area contributed by atoms with Crippen LogP contribution in [0, 0.1) is 39.9 Å². The molecule has 59 heavy (non-hydrogen) atoms. The maximum absolute atomic E-state index is 11.8. The summed E-state index contributed by atoms with van der Waals surface area (Å²) in [6.45, 7) is 24.4. The zero-order valence-electron chi connectivity index (χ0n) is 35.8. The monoisotopic (exact) mass is 903 g/mol. The van der Waals surface area contributed by atoms with E-state index in [1.165, 1.54) is 14.0 Å². The molecule has 16 nitrogen and oxygen atoms in total. The van der Waals surface area contributed by atoms with Gasteiger partial charge in [-0.15, -0.1) is 26.3 Å². The summed E-state index contributed by atoms with van der Waals surface area (Å²) in [6, 6.07) is 0. The van der Waals surface area contributed by atoms with Gasteiger partial charge in [-0.3, -0.25) is 33.4 Å². The molecular weight excluding hydrogens is 841 g/mol. The number of carboxylic acids is 1. The van der Waals surface area contributed by atoms with E-state index in [0.29, 0.717) is 44.4 Å². The van der Waals surface area contributed by atoms with Gasteiger partial charge in [0.15, 0.2) is 0 Å². The van der Waals surface area contributed by atoms with Crippen molar-refractivity contribution in [3.05, 3.63) is 50.6 Å². The summed E-state index contributed by atoms with van der Waals surface area (Å²) in [6.07, 6.45) is 12.1. The first-order chi connectivity index (χ1) is 26.0. The van der Waals surface area contributed by atoms with Crippen LogP contribution < -0.4 is 44.7 Å². The summed E-state index contributed by atoms with van der Waals surface area (Å²) < 4.78 is 54.7. The number of aliphatic hydroxyl groups excluding tert-OH is 1. The second-order valence-electron chi connectivity index (χ2n) is 16.5. The third-order valence-electron chi connectivity index (χ3n) is 11.8. The molecule has 2 amide bonds. The molecule has 0 heterocycles. The molecule has 7 N–H and O–H groups in total. The van der Waals surface area contributed by atoms with Crippen LogP contribution >= 0.6 is 11.6 Å². The largest absolute Gasteiger partial charge is 1.00 e. The van der Waals surface area contributed by atoms with E-state index in [0.717, 1.165) is 20.0 Å². The van der Waals surface area contributed by atoms with Gasteiger partial charge >= 0.3 is 41.5 Å². The summed E-state index contributed by atoms with van der Waals surface area (Å²) in [5, 5.41) is 15.2. The van der Waals surface area contributed by atoms with Crippen LogP contribution in [0.15, 0.2) is 50.6 Å². The Morgan fingerprint density at radius 2 is 0.983 bits per heavy atom. The Labute approximate surface area is 377 Å². The van der Waals surface area contributed by atoms with Gasteiger partial charge in [-0.2, -0.15) is 0 Å². The van der Waals surface area contributed by atoms with Crippen molar-refractivity contribution in [2.45, 2.75) is 108 Å². The summed E-state index contributed by atoms with van der Waals surface area (Å²) >= 11 is 4.64. The first-order valence-electron chi connectivity index (χ1n) is 18.3. The smallest absolute Gasteiger partial charge is 0.870 e. The van der Waals surface area contributed by atoms with Crippen molar-refractivity contribution in [2.75, 3.05) is 14.2 Å². The number of hydrogen-bond donors (Lipinski definition) is 5. The van der Waals surface area contributed by atoms with Crippen molar-refractivity contribution in [3.63, 3.8) is 0 Å². The van der Waals surface area contributed by atoms with Gasteiger partial charge in [-0.05, 0) is 108 Å². The number of halogens is 1. The van der Waals surface area contributed by atoms with Crippen LogP contribution in [0.25, 0.3) is 0 Å². The van der Waals surface area contributed by atoms with E-state index in [1.807, 2.05) is 13.0 Å². The molecule has 332 valence electrons. The molecule has 0 aliphatic heterocycles. The number of nitrogens with one attached hydrogen (secondary N) is 2. The fourth-order valence-corrected chi connectivity index (χ4v) is 8.33. The molecule has 8 atom stereocenters. The van der Waals surface area contributed by atoms with Gasteiger partial charge in [0.2, 0.25) is 31.2 Å². The van der Waals surface area contributed by atoms with E-state index in [1.54, 1.807) is 45.9 Å². The number of hydrogen-bond acceptors (Lipinski definition) is 13. The third-order valence-corrected chi connectivity index (χ3v) is 16.2. The van der Waals surface area contributed by atoms with Crippen molar-refractivity contribution in [2.24, 2.45) is 45.7 Å². The molecule has 6 fully saturated rings. The predicted molar refractivity (Wildman–Crippen MR) is 220 cm³/mol. The van der Waals surface area contributed by atoms with Gasteiger partial charge in [0.25, 0.3) is 5.91 Å². The Hall–Kier alpha value is -2.42. The second-order valence-corrected chi connectivity index (χ2v) is 21.4. The van der Waals surface area contributed by atoms with E-state index >= 15 is 0 Å². The molecule has 6 aliphatic carbocycles. The van der Waals surface area contributed by atoms with Gasteiger partial charge in [0.1, 0.15) is 5.54 Å². The third kappa shape index (κ3) is 14.3. The van der Waals surface area contributed by atoms with Gasteiger partial charge in [-0.1, -0.05) is 31.2 Å². The quantitative estimate of drug-likeness (QED) is 0.0790. The molecule has 0 saturated heterocycles. The number of carbonyl (C=O) groups is 5. The molecule has 0 bridgehead atoms. The van der Waals surface area contributed by atoms with Crippen molar-refractivity contribution in [1.29, 1.82) is 0 Å². The van der Waals surface area contributed by atoms with Crippen LogP contribution in [0.1, 0.15) is 92.9 Å². The number of rotatable bonds is 12. The fourth-order valence-electron chi connectivity index (χ4n) is 5.65. The van der Waals surface area contributed by atoms with E-state index < -0.39 is 57.8 Å². The first kappa shape index (κ1) is 58.7. The number of carboxylic acid groups (broad SMARTS) is 1. The predicted octanol–water partition coefficient (Wildman–Crippen LogP) is 0.948. The molecule has 0 aromatic carbocycles. The van der Waals surface area contributed by atoms with E-state index in [-0.39, 0.29) is 75.3 Å². The van der Waals surface area contributed by atoms with Crippen LogP contribution in [-0.4, -0.2) is 90.8 Å². The van der Waals surface area contributed by atoms with Crippen LogP contribution in [0.4, 0.5) is 0 Å². The van der Waals surface area contributed by atoms with E-state index in [9.17, 15) is 40.8 Å². The Bertz CT molecular complexity index is 1750. The number of sulfonamides is 2. The maximum atomic E-state index is 11.8. The van der Waals surface area contributed by atoms with E-state index in [2.05, 4.69) is 52.1 Å². The molecule has 0 radical (unpaired) electrons. The summed E-state index contributed by atoms with van der Waals surface area (Å²) in [5.74, 6) is -1.28. The minimum Gasteiger partial charge on any atom is -0.870 e. The number of aliphatic hydroxyl groups is 1. The summed E-state index contributed by atoms with van der Waals surface area (Å²) in [7, 11) is -4.65. The Morgan fingerprint density at radius 1 is 0.678 bits per heavy atom. The molecule has 6 aliphatic rings. The minimum absolute atomic E-state index is 0. The van der Waals surface area contributed by atoms with E-state index in [4.69, 9.17) is 15.9 Å². The average molecular weight is 905 g/mol. The second kappa shape index (κ2) is 21.6. The maximum Gasteiger partial charge on any atom is 1.00 e. The Morgan fingerprint density at radius 3 is 1.22 bits per heavy atom. The Balaban J connectivity index is 0. The number of allylic oxidation sites excluding steroid dienone is 3. The Kier molecular flexibility index (Phi) is 21.5. The molecule has 6 rings (SSSR count). The zero-order chi connectivity index (χ0) is 44.8. The van der Waals surface area contributed by atoms with Crippen molar-refractivity contribution in [3.8, 4) is 0 Å². The van der Waals surface area contributed by atoms with Crippen molar-refractivity contribution >= 4 is 60.6 Å². The van der Waals surface area contributed by atoms with Crippen LogP contribution in [-0.2, 0) is 48.8 Å². The molecular formula is C39H63ClN3NaO13S2. The SMILES string of the molecule is C=C[C@@H]1C[C@]1(C)C(=O)NS(=O)(=O)C1(C)CC1.C=C[C@@H]1C[C@]1(C)C(=O)O.C=C[C@@H]1C[C@]1(C)C(=O)OC.C=C[C@@H]1C[C@]1(N)C(=O)NS(=O)(=O)C1(C)CC1.CC(=O)Cl.CO.[Na+].[OH-]. The standard InChI is InChI=1S/C11H17NO3S.C10H16N2O3S.C8H12O2.C7H10O2.C2H3ClO.CH4O.Na.H2O/c1-4-8-7-11(8,3)9(13)12-16(14,15)10(2)5-6-10;1-3-7-6-10(7,11)8(13)12-16(14,15)9(2)4-5-9;1-4-6-5-8(6,2)7(9)10-3;1-3-5-4-7(5,2)6(8)9;1-2(3)4;1-2;;/h4,8H,1,5-7H2,2-3H3,(H,12,13);3,7H,1,4-6,11H2,2H3,(H,12,13);4,6H,1,5H2,2-3H3;3,5H,1,4H2,2H3,(H,8,9);1H3;2H,1H3;;1H2/q;;;;;;+1;/p-1/t8-,11+;7-,10-;6-,8+;5-,7+;;;;/m1111..../s1. The van der Waals surface area contributed by atoms with Crippen molar-refractivity contribution < 1.29 is 90.8 Å². The molecule has 0 aromatic rings. The fraction of sp³-hybridized carbons (Fsp3) is 0.667. The molecule has 6 saturated carbocycles. The number of carbonyl (C=O) groups excluding carboxylic acids is 4. The van der Waals surface area contributed by atoms with Gasteiger partial charge in [-0.25, -0.2) is 16.8 Å². The number of esters is 1. The zero-order valence-corrected chi connectivity index (χ0v) is 40.2. The number of ether oxygens (including phenoxy) is 1. The first-order valence-corrected chi connectivity index (χ1v) is 21.7.